The minimum Gasteiger partial charge on any atom is -0.464 e. The van der Waals surface area contributed by atoms with Crippen LogP contribution in [-0.2, 0) is 9.53 Å². The molecule has 0 spiro atoms. The van der Waals surface area contributed by atoms with E-state index in [0.29, 0.717) is 11.4 Å². The number of rotatable bonds is 3. The minimum absolute atomic E-state index is 0.0594. The standard InChI is InChI=1S/C17H17BrN2O4/c1-8-12(18)6-5-11-15(8)20(10-3-4-10)17(22)14-16(11)24-13(19-14)7-23-9(2)21/h5-6,10,13,19H,3-4,7H2,1-2H3. The Hall–Kier alpha value is -2.02. The van der Waals surface area contributed by atoms with Gasteiger partial charge in [-0.2, -0.15) is 0 Å². The number of ether oxygens (including phenoxy) is 2. The molecule has 1 unspecified atom stereocenters. The molecule has 0 bridgehead atoms. The van der Waals surface area contributed by atoms with Gasteiger partial charge in [0.05, 0.1) is 5.52 Å². The Balaban J connectivity index is 1.88. The van der Waals surface area contributed by atoms with Gasteiger partial charge in [0.2, 0.25) is 6.23 Å². The van der Waals surface area contributed by atoms with Gasteiger partial charge in [-0.25, -0.2) is 0 Å². The molecule has 1 N–H and O–H groups in total. The minimum atomic E-state index is -0.543. The van der Waals surface area contributed by atoms with Gasteiger partial charge in [0.1, 0.15) is 12.3 Å². The number of benzene rings is 1. The number of halogens is 1. The van der Waals surface area contributed by atoms with Crippen LogP contribution in [0.4, 0.5) is 5.69 Å². The molecule has 0 saturated heterocycles. The van der Waals surface area contributed by atoms with Crippen LogP contribution in [0.5, 0.6) is 5.75 Å². The van der Waals surface area contributed by atoms with E-state index >= 15 is 0 Å². The van der Waals surface area contributed by atoms with Crippen molar-refractivity contribution in [3.8, 4) is 5.75 Å². The van der Waals surface area contributed by atoms with Crippen LogP contribution in [0.1, 0.15) is 31.4 Å². The predicted molar refractivity (Wildman–Crippen MR) is 93.6 cm³/mol. The molecule has 24 heavy (non-hydrogen) atoms. The van der Waals surface area contributed by atoms with E-state index in [2.05, 4.69) is 21.2 Å². The van der Waals surface area contributed by atoms with Crippen LogP contribution >= 0.6 is 15.9 Å². The molecule has 0 amide bonds. The number of esters is 1. The molecular formula is C17H17BrN2O4. The van der Waals surface area contributed by atoms with E-state index in [9.17, 15) is 9.59 Å². The van der Waals surface area contributed by atoms with E-state index in [1.807, 2.05) is 23.6 Å². The molecule has 2 heterocycles. The highest BCUT2D eigenvalue weighted by Crippen LogP contribution is 2.43. The number of nitrogens with zero attached hydrogens (tertiary/aromatic N) is 1. The van der Waals surface area contributed by atoms with Crippen LogP contribution in [0.3, 0.4) is 0 Å². The van der Waals surface area contributed by atoms with Gasteiger partial charge in [-0.1, -0.05) is 15.9 Å². The average molecular weight is 393 g/mol. The van der Waals surface area contributed by atoms with Gasteiger partial charge in [0, 0.05) is 22.8 Å². The van der Waals surface area contributed by atoms with Crippen LogP contribution in [0.2, 0.25) is 0 Å². The van der Waals surface area contributed by atoms with Gasteiger partial charge in [0.25, 0.3) is 5.56 Å². The largest absolute Gasteiger partial charge is 0.464 e. The lowest BCUT2D eigenvalue weighted by molar-refractivity contribution is -0.142. The Kier molecular flexibility index (Phi) is 3.56. The average Bonchev–Trinajstić information content (AvgIpc) is 3.27. The van der Waals surface area contributed by atoms with Gasteiger partial charge in [-0.05, 0) is 37.5 Å². The van der Waals surface area contributed by atoms with E-state index in [1.165, 1.54) is 6.92 Å². The third-order valence-electron chi connectivity index (χ3n) is 4.43. The quantitative estimate of drug-likeness (QED) is 0.812. The Labute approximate surface area is 146 Å². The number of aromatic nitrogens is 1. The SMILES string of the molecule is CC(=O)OCC1Nc2c(c3ccc(Br)c(C)c3n(C3CC3)c2=O)O1. The van der Waals surface area contributed by atoms with Gasteiger partial charge in [-0.3, -0.25) is 9.59 Å². The first-order chi connectivity index (χ1) is 11.5. The number of hydrogen-bond donors (Lipinski definition) is 1. The highest BCUT2D eigenvalue weighted by atomic mass is 79.9. The Bertz CT molecular complexity index is 917. The van der Waals surface area contributed by atoms with Gasteiger partial charge in [-0.15, -0.1) is 0 Å². The zero-order valence-corrected chi connectivity index (χ0v) is 15.0. The summed E-state index contributed by atoms with van der Waals surface area (Å²) >= 11 is 3.55. The van der Waals surface area contributed by atoms with Crippen LogP contribution in [0.25, 0.3) is 10.9 Å². The summed E-state index contributed by atoms with van der Waals surface area (Å²) in [7, 11) is 0. The second kappa shape index (κ2) is 5.51. The summed E-state index contributed by atoms with van der Waals surface area (Å²) in [5.41, 5.74) is 2.30. The van der Waals surface area contributed by atoms with Crippen molar-refractivity contribution in [3.63, 3.8) is 0 Å². The second-order valence-corrected chi connectivity index (χ2v) is 7.09. The number of nitrogens with one attached hydrogen (secondary N) is 1. The molecule has 6 nitrogen and oxygen atoms in total. The Morgan fingerprint density at radius 2 is 2.21 bits per heavy atom. The number of pyridine rings is 1. The maximum absolute atomic E-state index is 13.0. The summed E-state index contributed by atoms with van der Waals surface area (Å²) in [5.74, 6) is 0.163. The summed E-state index contributed by atoms with van der Waals surface area (Å²) in [6.07, 6.45) is 1.48. The molecule has 1 aromatic heterocycles. The molecule has 7 heteroatoms. The molecule has 1 aliphatic heterocycles. The molecule has 1 fully saturated rings. The molecule has 4 rings (SSSR count). The van der Waals surface area contributed by atoms with Crippen LogP contribution in [0.15, 0.2) is 21.4 Å². The highest BCUT2D eigenvalue weighted by molar-refractivity contribution is 9.10. The first kappa shape index (κ1) is 15.5. The van der Waals surface area contributed by atoms with Crippen molar-refractivity contribution in [1.82, 2.24) is 4.57 Å². The molecular weight excluding hydrogens is 376 g/mol. The van der Waals surface area contributed by atoms with Crippen molar-refractivity contribution >= 4 is 38.5 Å². The van der Waals surface area contributed by atoms with Crippen LogP contribution in [-0.4, -0.2) is 23.4 Å². The molecule has 1 aromatic carbocycles. The van der Waals surface area contributed by atoms with Gasteiger partial charge < -0.3 is 19.4 Å². The topological polar surface area (TPSA) is 69.6 Å². The third kappa shape index (κ3) is 2.38. The fraction of sp³-hybridized carbons (Fsp3) is 0.412. The smallest absolute Gasteiger partial charge is 0.302 e. The highest BCUT2D eigenvalue weighted by Gasteiger charge is 2.34. The van der Waals surface area contributed by atoms with Crippen molar-refractivity contribution < 1.29 is 14.3 Å². The van der Waals surface area contributed by atoms with Crippen LogP contribution < -0.4 is 15.6 Å². The normalized spacial score (nSPS) is 18.9. The maximum Gasteiger partial charge on any atom is 0.302 e. The van der Waals surface area contributed by atoms with E-state index in [4.69, 9.17) is 9.47 Å². The molecule has 1 saturated carbocycles. The Morgan fingerprint density at radius 1 is 1.46 bits per heavy atom. The lowest BCUT2D eigenvalue weighted by Crippen LogP contribution is -2.29. The monoisotopic (exact) mass is 392 g/mol. The van der Waals surface area contributed by atoms with Gasteiger partial charge >= 0.3 is 5.97 Å². The molecule has 1 aliphatic carbocycles. The van der Waals surface area contributed by atoms with Crippen molar-refractivity contribution in [1.29, 1.82) is 0 Å². The van der Waals surface area contributed by atoms with Gasteiger partial charge in [0.15, 0.2) is 5.75 Å². The van der Waals surface area contributed by atoms with E-state index in [-0.39, 0.29) is 24.2 Å². The predicted octanol–water partition coefficient (Wildman–Crippen LogP) is 3.10. The number of hydrogen-bond acceptors (Lipinski definition) is 5. The number of anilines is 1. The summed E-state index contributed by atoms with van der Waals surface area (Å²) in [5, 5.41) is 3.96. The summed E-state index contributed by atoms with van der Waals surface area (Å²) in [6.45, 7) is 3.40. The van der Waals surface area contributed by atoms with Crippen LogP contribution in [0, 0.1) is 6.92 Å². The first-order valence-electron chi connectivity index (χ1n) is 7.91. The van der Waals surface area contributed by atoms with E-state index < -0.39 is 6.23 Å². The summed E-state index contributed by atoms with van der Waals surface area (Å²) < 4.78 is 13.7. The van der Waals surface area contributed by atoms with E-state index in [0.717, 1.165) is 33.8 Å². The van der Waals surface area contributed by atoms with Crippen molar-refractivity contribution in [2.24, 2.45) is 0 Å². The first-order valence-corrected chi connectivity index (χ1v) is 8.70. The number of carbonyl (C=O) groups excluding carboxylic acids is 1. The summed E-state index contributed by atoms with van der Waals surface area (Å²) in [6, 6.07) is 4.16. The summed E-state index contributed by atoms with van der Waals surface area (Å²) in [4.78, 5) is 24.0. The maximum atomic E-state index is 13.0. The van der Waals surface area contributed by atoms with Crippen molar-refractivity contribution in [2.75, 3.05) is 11.9 Å². The zero-order valence-electron chi connectivity index (χ0n) is 13.4. The Morgan fingerprint density at radius 3 is 2.88 bits per heavy atom. The lowest BCUT2D eigenvalue weighted by atomic mass is 10.1. The molecule has 1 atom stereocenters. The molecule has 2 aromatic rings. The number of fused-ring (bicyclic) bond motifs is 3. The fourth-order valence-corrected chi connectivity index (χ4v) is 3.48. The fourth-order valence-electron chi connectivity index (χ4n) is 3.16. The second-order valence-electron chi connectivity index (χ2n) is 6.23. The molecule has 2 aliphatic rings. The lowest BCUT2D eigenvalue weighted by Gasteiger charge is -2.15. The molecule has 126 valence electrons. The number of carbonyl (C=O) groups is 1. The third-order valence-corrected chi connectivity index (χ3v) is 5.28. The molecule has 0 radical (unpaired) electrons. The van der Waals surface area contributed by atoms with Crippen molar-refractivity contribution in [3.05, 3.63) is 32.5 Å². The zero-order chi connectivity index (χ0) is 17.0. The van der Waals surface area contributed by atoms with Crippen molar-refractivity contribution in [2.45, 2.75) is 39.0 Å². The van der Waals surface area contributed by atoms with E-state index in [1.54, 1.807) is 0 Å². The number of aryl methyl sites for hydroxylation is 1.